The summed E-state index contributed by atoms with van der Waals surface area (Å²) in [5.74, 6) is -0.542. The van der Waals surface area contributed by atoms with Crippen molar-refractivity contribution in [3.05, 3.63) is 42.7 Å². The van der Waals surface area contributed by atoms with Crippen molar-refractivity contribution in [3.63, 3.8) is 0 Å². The first kappa shape index (κ1) is 10.4. The maximum absolute atomic E-state index is 10.7. The van der Waals surface area contributed by atoms with Crippen molar-refractivity contribution in [2.75, 3.05) is 6.61 Å². The molecule has 0 fully saturated rings. The highest BCUT2D eigenvalue weighted by Gasteiger charge is 2.14. The van der Waals surface area contributed by atoms with Crippen LogP contribution in [0.5, 0.6) is 0 Å². The topological polar surface area (TPSA) is 60.7 Å². The van der Waals surface area contributed by atoms with Crippen LogP contribution in [0.25, 0.3) is 0 Å². The number of pyridine rings is 1. The maximum atomic E-state index is 10.7. The van der Waals surface area contributed by atoms with Crippen molar-refractivity contribution < 1.29 is 19.6 Å². The average Bonchev–Trinajstić information content (AvgIpc) is 2.26. The zero-order chi connectivity index (χ0) is 10.4. The Bertz CT molecular complexity index is 310. The summed E-state index contributed by atoms with van der Waals surface area (Å²) >= 11 is 0. The lowest BCUT2D eigenvalue weighted by atomic mass is 10.2. The molecule has 0 aliphatic carbocycles. The highest BCUT2D eigenvalue weighted by molar-refractivity contribution is 5.81. The number of aliphatic hydroxyl groups excluding tert-OH is 1. The third-order valence-electron chi connectivity index (χ3n) is 1.64. The summed E-state index contributed by atoms with van der Waals surface area (Å²) in [5, 5.41) is 9.52. The lowest BCUT2D eigenvalue weighted by Gasteiger charge is -2.05. The number of rotatable bonds is 4. The van der Waals surface area contributed by atoms with Gasteiger partial charge in [-0.2, -0.15) is 0 Å². The van der Waals surface area contributed by atoms with Crippen LogP contribution in [0.3, 0.4) is 0 Å². The van der Waals surface area contributed by atoms with Crippen molar-refractivity contribution in [2.24, 2.45) is 0 Å². The molecule has 4 nitrogen and oxygen atoms in total. The molecule has 4 heteroatoms. The fraction of sp³-hybridized carbons (Fsp3) is 0.200. The molecule has 1 atom stereocenters. The minimum Gasteiger partial charge on any atom is -0.459 e. The molecular weight excluding hydrogens is 182 g/mol. The fourth-order valence-corrected chi connectivity index (χ4v) is 0.924. The average molecular weight is 194 g/mol. The maximum Gasteiger partial charge on any atom is 0.330 e. The number of hydrogen-bond acceptors (Lipinski definition) is 3. The summed E-state index contributed by atoms with van der Waals surface area (Å²) in [6, 6.07) is 5.29. The molecule has 0 radical (unpaired) electrons. The van der Waals surface area contributed by atoms with E-state index in [0.717, 1.165) is 6.08 Å². The third-order valence-corrected chi connectivity index (χ3v) is 1.64. The number of carbonyl (C=O) groups is 1. The quantitative estimate of drug-likeness (QED) is 0.552. The summed E-state index contributed by atoms with van der Waals surface area (Å²) in [6.45, 7) is 3.17. The van der Waals surface area contributed by atoms with Gasteiger partial charge in [0.25, 0.3) is 0 Å². The van der Waals surface area contributed by atoms with E-state index < -0.39 is 12.1 Å². The normalized spacial score (nSPS) is 11.8. The van der Waals surface area contributed by atoms with Gasteiger partial charge in [-0.1, -0.05) is 12.6 Å². The Balaban J connectivity index is 2.47. The third kappa shape index (κ3) is 2.99. The Labute approximate surface area is 81.9 Å². The van der Waals surface area contributed by atoms with Crippen LogP contribution in [-0.2, 0) is 9.53 Å². The van der Waals surface area contributed by atoms with Crippen molar-refractivity contribution in [3.8, 4) is 0 Å². The van der Waals surface area contributed by atoms with Gasteiger partial charge in [-0.05, 0) is 0 Å². The van der Waals surface area contributed by atoms with Gasteiger partial charge < -0.3 is 9.84 Å². The van der Waals surface area contributed by atoms with Crippen LogP contribution in [0.1, 0.15) is 11.8 Å². The van der Waals surface area contributed by atoms with Gasteiger partial charge in [-0.25, -0.2) is 9.78 Å². The van der Waals surface area contributed by atoms with E-state index in [-0.39, 0.29) is 6.61 Å². The van der Waals surface area contributed by atoms with Crippen LogP contribution in [0, 0.1) is 0 Å². The monoisotopic (exact) mass is 194 g/mol. The first-order valence-corrected chi connectivity index (χ1v) is 4.18. The zero-order valence-electron chi connectivity index (χ0n) is 7.64. The standard InChI is InChI=1S/C10H11NO3/c1-2-10(13)14-7-9(12)8-5-3-4-6-11-8/h2-6,9,12H,1,7H2/p+1. The van der Waals surface area contributed by atoms with E-state index in [2.05, 4.69) is 16.3 Å². The molecule has 0 saturated carbocycles. The minimum atomic E-state index is -0.833. The Kier molecular flexibility index (Phi) is 3.82. The molecule has 1 aromatic rings. The number of aromatic amines is 1. The molecule has 0 amide bonds. The number of carbonyl (C=O) groups excluding carboxylic acids is 1. The van der Waals surface area contributed by atoms with E-state index in [1.54, 1.807) is 24.4 Å². The van der Waals surface area contributed by atoms with Crippen molar-refractivity contribution in [1.82, 2.24) is 0 Å². The molecule has 0 aliphatic heterocycles. The van der Waals surface area contributed by atoms with Crippen LogP contribution in [-0.4, -0.2) is 17.7 Å². The predicted octanol–water partition coefficient (Wildman–Crippen LogP) is 0.263. The first-order valence-electron chi connectivity index (χ1n) is 4.18. The number of esters is 1. The van der Waals surface area contributed by atoms with E-state index in [1.807, 2.05) is 0 Å². The number of nitrogens with one attached hydrogen (secondary N) is 1. The SMILES string of the molecule is C=CC(=O)OCC(O)c1cccc[nH+]1. The smallest absolute Gasteiger partial charge is 0.330 e. The molecular formula is C10H12NO3+. The molecule has 0 spiro atoms. The van der Waals surface area contributed by atoms with Crippen LogP contribution < -0.4 is 4.98 Å². The van der Waals surface area contributed by atoms with Crippen LogP contribution >= 0.6 is 0 Å². The van der Waals surface area contributed by atoms with Gasteiger partial charge >= 0.3 is 5.97 Å². The molecule has 1 rings (SSSR count). The van der Waals surface area contributed by atoms with Gasteiger partial charge in [0.05, 0.1) is 0 Å². The fourth-order valence-electron chi connectivity index (χ4n) is 0.924. The summed E-state index contributed by atoms with van der Waals surface area (Å²) in [5.41, 5.74) is 0.601. The molecule has 1 unspecified atom stereocenters. The lowest BCUT2D eigenvalue weighted by molar-refractivity contribution is -0.400. The highest BCUT2D eigenvalue weighted by atomic mass is 16.5. The lowest BCUT2D eigenvalue weighted by Crippen LogP contribution is -2.19. The van der Waals surface area contributed by atoms with Gasteiger partial charge in [-0.15, -0.1) is 0 Å². The van der Waals surface area contributed by atoms with Crippen LogP contribution in [0.2, 0.25) is 0 Å². The van der Waals surface area contributed by atoms with E-state index in [1.165, 1.54) is 0 Å². The molecule has 0 aliphatic rings. The van der Waals surface area contributed by atoms with Crippen LogP contribution in [0.4, 0.5) is 0 Å². The largest absolute Gasteiger partial charge is 0.459 e. The molecule has 0 saturated heterocycles. The molecule has 2 N–H and O–H groups in total. The Morgan fingerprint density at radius 1 is 1.71 bits per heavy atom. The number of hydrogen-bond donors (Lipinski definition) is 1. The van der Waals surface area contributed by atoms with Crippen molar-refractivity contribution in [2.45, 2.75) is 6.10 Å². The van der Waals surface area contributed by atoms with Crippen LogP contribution in [0.15, 0.2) is 37.1 Å². The molecule has 0 bridgehead atoms. The molecule has 1 aromatic heterocycles. The minimum absolute atomic E-state index is 0.0780. The van der Waals surface area contributed by atoms with Gasteiger partial charge in [0.1, 0.15) is 6.61 Å². The summed E-state index contributed by atoms with van der Waals surface area (Å²) in [6.07, 6.45) is 1.91. The van der Waals surface area contributed by atoms with E-state index >= 15 is 0 Å². The van der Waals surface area contributed by atoms with Crippen molar-refractivity contribution >= 4 is 5.97 Å². The highest BCUT2D eigenvalue weighted by Crippen LogP contribution is 2.05. The zero-order valence-corrected chi connectivity index (χ0v) is 7.64. The Morgan fingerprint density at radius 3 is 3.07 bits per heavy atom. The van der Waals surface area contributed by atoms with Crippen molar-refractivity contribution in [1.29, 1.82) is 0 Å². The second-order valence-corrected chi connectivity index (χ2v) is 2.67. The van der Waals surface area contributed by atoms with Gasteiger partial charge in [-0.3, -0.25) is 0 Å². The summed E-state index contributed by atoms with van der Waals surface area (Å²) < 4.78 is 4.68. The number of ether oxygens (including phenoxy) is 1. The van der Waals surface area contributed by atoms with Gasteiger partial charge in [0.2, 0.25) is 5.69 Å². The van der Waals surface area contributed by atoms with E-state index in [4.69, 9.17) is 0 Å². The molecule has 0 aromatic carbocycles. The van der Waals surface area contributed by atoms with Gasteiger partial charge in [0.15, 0.2) is 12.3 Å². The Morgan fingerprint density at radius 2 is 2.50 bits per heavy atom. The number of aromatic nitrogens is 1. The van der Waals surface area contributed by atoms with E-state index in [0.29, 0.717) is 5.69 Å². The second-order valence-electron chi connectivity index (χ2n) is 2.67. The van der Waals surface area contributed by atoms with Gasteiger partial charge in [0, 0.05) is 18.2 Å². The first-order chi connectivity index (χ1) is 6.74. The summed E-state index contributed by atoms with van der Waals surface area (Å²) in [4.78, 5) is 13.5. The molecule has 74 valence electrons. The second kappa shape index (κ2) is 5.14. The molecule has 14 heavy (non-hydrogen) atoms. The number of aliphatic hydroxyl groups is 1. The summed E-state index contributed by atoms with van der Waals surface area (Å²) in [7, 11) is 0. The van der Waals surface area contributed by atoms with E-state index in [9.17, 15) is 9.90 Å². The predicted molar refractivity (Wildman–Crippen MR) is 49.1 cm³/mol. The number of H-pyrrole nitrogens is 1. The Hall–Kier alpha value is -1.68. The molecule has 1 heterocycles.